The third-order valence-corrected chi connectivity index (χ3v) is 3.60. The summed E-state index contributed by atoms with van der Waals surface area (Å²) in [5.74, 6) is 0.258. The Labute approximate surface area is 117 Å². The fourth-order valence-corrected chi connectivity index (χ4v) is 2.55. The Morgan fingerprint density at radius 2 is 1.70 bits per heavy atom. The number of anilines is 2. The second kappa shape index (κ2) is 6.38. The molecule has 1 fully saturated rings. The molecule has 1 aliphatic carbocycles. The molecular formula is C14H20N4O2. The fourth-order valence-electron chi connectivity index (χ4n) is 2.55. The summed E-state index contributed by atoms with van der Waals surface area (Å²) in [5, 5.41) is 5.29. The van der Waals surface area contributed by atoms with Gasteiger partial charge in [0.15, 0.2) is 0 Å². The van der Waals surface area contributed by atoms with Gasteiger partial charge in [-0.25, -0.2) is 4.79 Å². The highest BCUT2D eigenvalue weighted by Crippen LogP contribution is 2.27. The zero-order chi connectivity index (χ0) is 14.5. The van der Waals surface area contributed by atoms with Crippen LogP contribution >= 0.6 is 0 Å². The molecule has 2 atom stereocenters. The summed E-state index contributed by atoms with van der Waals surface area (Å²) in [7, 11) is 0. The summed E-state index contributed by atoms with van der Waals surface area (Å²) in [5.41, 5.74) is 12.3. The molecule has 3 amide bonds. The number of benzene rings is 1. The molecule has 0 aliphatic heterocycles. The van der Waals surface area contributed by atoms with Gasteiger partial charge in [-0.05, 0) is 43.0 Å². The summed E-state index contributed by atoms with van der Waals surface area (Å²) >= 11 is 0. The van der Waals surface area contributed by atoms with E-state index in [-0.39, 0.29) is 17.9 Å². The van der Waals surface area contributed by atoms with Gasteiger partial charge < -0.3 is 22.1 Å². The predicted octanol–water partition coefficient (Wildman–Crippen LogP) is 1.63. The largest absolute Gasteiger partial charge is 0.351 e. The maximum Gasteiger partial charge on any atom is 0.316 e. The molecule has 1 aromatic rings. The van der Waals surface area contributed by atoms with Crippen LogP contribution in [0.15, 0.2) is 24.3 Å². The van der Waals surface area contributed by atoms with E-state index in [9.17, 15) is 9.59 Å². The quantitative estimate of drug-likeness (QED) is 0.670. The summed E-state index contributed by atoms with van der Waals surface area (Å²) < 4.78 is 0. The van der Waals surface area contributed by atoms with Crippen molar-refractivity contribution in [2.75, 3.05) is 10.6 Å². The van der Waals surface area contributed by atoms with Crippen LogP contribution in [-0.2, 0) is 4.79 Å². The van der Waals surface area contributed by atoms with Crippen molar-refractivity contribution in [3.05, 3.63) is 24.3 Å². The van der Waals surface area contributed by atoms with Gasteiger partial charge in [0.2, 0.25) is 5.91 Å². The molecule has 6 N–H and O–H groups in total. The fraction of sp³-hybridized carbons (Fsp3) is 0.429. The molecule has 0 unspecified atom stereocenters. The Balaban J connectivity index is 1.86. The zero-order valence-electron chi connectivity index (χ0n) is 11.3. The average Bonchev–Trinajstić information content (AvgIpc) is 2.77. The molecule has 6 nitrogen and oxygen atoms in total. The molecule has 0 spiro atoms. The van der Waals surface area contributed by atoms with E-state index in [0.29, 0.717) is 17.8 Å². The summed E-state index contributed by atoms with van der Waals surface area (Å²) in [6.07, 6.45) is 3.59. The molecule has 0 bridgehead atoms. The van der Waals surface area contributed by atoms with Crippen molar-refractivity contribution in [2.24, 2.45) is 17.4 Å². The molecule has 20 heavy (non-hydrogen) atoms. The van der Waals surface area contributed by atoms with Crippen LogP contribution in [-0.4, -0.2) is 18.0 Å². The van der Waals surface area contributed by atoms with Crippen molar-refractivity contribution < 1.29 is 9.59 Å². The molecule has 1 aliphatic rings. The van der Waals surface area contributed by atoms with Gasteiger partial charge in [-0.15, -0.1) is 0 Å². The number of hydrogen-bond donors (Lipinski definition) is 4. The van der Waals surface area contributed by atoms with E-state index in [4.69, 9.17) is 11.5 Å². The SMILES string of the molecule is NC(=O)Nc1ccc(NC(=O)C[C@@H]2CCC[C@H]2N)cc1. The van der Waals surface area contributed by atoms with E-state index in [1.807, 2.05) is 0 Å². The number of primary amides is 1. The Hall–Kier alpha value is -2.08. The van der Waals surface area contributed by atoms with Crippen LogP contribution in [0.4, 0.5) is 16.2 Å². The van der Waals surface area contributed by atoms with E-state index < -0.39 is 6.03 Å². The van der Waals surface area contributed by atoms with Crippen molar-refractivity contribution in [3.63, 3.8) is 0 Å². The van der Waals surface area contributed by atoms with Crippen LogP contribution in [0.25, 0.3) is 0 Å². The van der Waals surface area contributed by atoms with Crippen molar-refractivity contribution in [2.45, 2.75) is 31.7 Å². The Morgan fingerprint density at radius 3 is 2.20 bits per heavy atom. The number of urea groups is 1. The summed E-state index contributed by atoms with van der Waals surface area (Å²) in [4.78, 5) is 22.6. The number of carbonyl (C=O) groups excluding carboxylic acids is 2. The van der Waals surface area contributed by atoms with Gasteiger partial charge in [-0.3, -0.25) is 4.79 Å². The zero-order valence-corrected chi connectivity index (χ0v) is 11.3. The van der Waals surface area contributed by atoms with Crippen LogP contribution in [0.3, 0.4) is 0 Å². The molecule has 0 radical (unpaired) electrons. The second-order valence-corrected chi connectivity index (χ2v) is 5.17. The van der Waals surface area contributed by atoms with Crippen LogP contribution in [0.5, 0.6) is 0 Å². The Bertz CT molecular complexity index is 486. The van der Waals surface area contributed by atoms with Gasteiger partial charge in [0.1, 0.15) is 0 Å². The smallest absolute Gasteiger partial charge is 0.316 e. The van der Waals surface area contributed by atoms with Gasteiger partial charge in [-0.1, -0.05) is 6.42 Å². The predicted molar refractivity (Wildman–Crippen MR) is 78.2 cm³/mol. The minimum Gasteiger partial charge on any atom is -0.351 e. The first-order chi connectivity index (χ1) is 9.54. The molecule has 0 aromatic heterocycles. The van der Waals surface area contributed by atoms with Crippen molar-refractivity contribution >= 4 is 23.3 Å². The Kier molecular flexibility index (Phi) is 4.57. The number of carbonyl (C=O) groups is 2. The second-order valence-electron chi connectivity index (χ2n) is 5.17. The molecule has 1 saturated carbocycles. The molecule has 108 valence electrons. The lowest BCUT2D eigenvalue weighted by Gasteiger charge is -2.14. The standard InChI is InChI=1S/C14H20N4O2/c15-12-3-1-2-9(12)8-13(19)17-10-4-6-11(7-5-10)18-14(16)20/h4-7,9,12H,1-3,8,15H2,(H,17,19)(H3,16,18,20)/t9-,12+/m0/s1. The van der Waals surface area contributed by atoms with Crippen molar-refractivity contribution in [3.8, 4) is 0 Å². The van der Waals surface area contributed by atoms with Crippen LogP contribution in [0.2, 0.25) is 0 Å². The highest BCUT2D eigenvalue weighted by molar-refractivity contribution is 5.92. The van der Waals surface area contributed by atoms with Gasteiger partial charge >= 0.3 is 6.03 Å². The van der Waals surface area contributed by atoms with Crippen molar-refractivity contribution in [1.29, 1.82) is 0 Å². The molecule has 2 rings (SSSR count). The topological polar surface area (TPSA) is 110 Å². The van der Waals surface area contributed by atoms with E-state index in [2.05, 4.69) is 10.6 Å². The van der Waals surface area contributed by atoms with E-state index >= 15 is 0 Å². The normalized spacial score (nSPS) is 21.4. The minimum atomic E-state index is -0.614. The summed E-state index contributed by atoms with van der Waals surface area (Å²) in [6, 6.07) is 6.33. The Morgan fingerprint density at radius 1 is 1.10 bits per heavy atom. The molecule has 0 heterocycles. The van der Waals surface area contributed by atoms with Crippen LogP contribution < -0.4 is 22.1 Å². The van der Waals surface area contributed by atoms with Crippen molar-refractivity contribution in [1.82, 2.24) is 0 Å². The molecule has 1 aromatic carbocycles. The lowest BCUT2D eigenvalue weighted by Crippen LogP contribution is -2.28. The molecular weight excluding hydrogens is 256 g/mol. The first-order valence-electron chi connectivity index (χ1n) is 6.76. The van der Waals surface area contributed by atoms with E-state index in [1.54, 1.807) is 24.3 Å². The van der Waals surface area contributed by atoms with E-state index in [1.165, 1.54) is 0 Å². The van der Waals surface area contributed by atoms with Crippen LogP contribution in [0, 0.1) is 5.92 Å². The highest BCUT2D eigenvalue weighted by atomic mass is 16.2. The number of rotatable bonds is 4. The number of hydrogen-bond acceptors (Lipinski definition) is 3. The van der Waals surface area contributed by atoms with Gasteiger partial charge in [0, 0.05) is 23.8 Å². The third kappa shape index (κ3) is 3.96. The molecule has 6 heteroatoms. The highest BCUT2D eigenvalue weighted by Gasteiger charge is 2.25. The van der Waals surface area contributed by atoms with Crippen LogP contribution in [0.1, 0.15) is 25.7 Å². The van der Waals surface area contributed by atoms with Gasteiger partial charge in [0.05, 0.1) is 0 Å². The monoisotopic (exact) mass is 276 g/mol. The number of nitrogens with two attached hydrogens (primary N) is 2. The lowest BCUT2D eigenvalue weighted by atomic mass is 10.00. The number of amides is 3. The maximum absolute atomic E-state index is 11.9. The summed E-state index contributed by atoms with van der Waals surface area (Å²) in [6.45, 7) is 0. The first-order valence-corrected chi connectivity index (χ1v) is 6.76. The first kappa shape index (κ1) is 14.3. The minimum absolute atomic E-state index is 0.0250. The molecule has 0 saturated heterocycles. The van der Waals surface area contributed by atoms with E-state index in [0.717, 1.165) is 19.3 Å². The average molecular weight is 276 g/mol. The third-order valence-electron chi connectivity index (χ3n) is 3.60. The number of nitrogens with one attached hydrogen (secondary N) is 2. The van der Waals surface area contributed by atoms with Gasteiger partial charge in [-0.2, -0.15) is 0 Å². The maximum atomic E-state index is 11.9. The lowest BCUT2D eigenvalue weighted by molar-refractivity contribution is -0.117. The van der Waals surface area contributed by atoms with Gasteiger partial charge in [0.25, 0.3) is 0 Å².